The Labute approximate surface area is 110 Å². The van der Waals surface area contributed by atoms with Crippen molar-refractivity contribution in [3.8, 4) is 0 Å². The van der Waals surface area contributed by atoms with Crippen LogP contribution in [0.15, 0.2) is 16.6 Å². The van der Waals surface area contributed by atoms with Gasteiger partial charge >= 0.3 is 0 Å². The Bertz CT molecular complexity index is 633. The summed E-state index contributed by atoms with van der Waals surface area (Å²) in [7, 11) is 0. The first-order valence-corrected chi connectivity index (χ1v) is 6.36. The van der Waals surface area contributed by atoms with Gasteiger partial charge in [0.25, 0.3) is 0 Å². The second kappa shape index (κ2) is 3.49. The summed E-state index contributed by atoms with van der Waals surface area (Å²) in [6.07, 6.45) is 1.29. The monoisotopic (exact) mass is 317 g/mol. The number of fused-ring (bicyclic) bond motifs is 3. The van der Waals surface area contributed by atoms with Crippen LogP contribution in [0.1, 0.15) is 16.9 Å². The molecule has 3 rings (SSSR count). The van der Waals surface area contributed by atoms with Gasteiger partial charge in [0.15, 0.2) is 0 Å². The summed E-state index contributed by atoms with van der Waals surface area (Å²) in [4.78, 5) is 11.8. The maximum Gasteiger partial charge on any atom is 0.231 e. The van der Waals surface area contributed by atoms with Crippen molar-refractivity contribution in [2.45, 2.75) is 12.8 Å². The summed E-state index contributed by atoms with van der Waals surface area (Å²) < 4.78 is 2.63. The van der Waals surface area contributed by atoms with Gasteiger partial charge in [-0.3, -0.25) is 9.36 Å². The molecule has 16 heavy (non-hydrogen) atoms. The lowest BCUT2D eigenvalue weighted by Gasteiger charge is -2.02. The first kappa shape index (κ1) is 10.6. The molecule has 0 fully saturated rings. The zero-order valence-corrected chi connectivity index (χ0v) is 11.2. The average Bonchev–Trinajstić information content (AvgIpc) is 2.75. The van der Waals surface area contributed by atoms with Crippen molar-refractivity contribution in [3.05, 3.63) is 32.3 Å². The SMILES string of the molecule is O=C1CCc2c(Br)c3ccc(Cl)c(Cl)c3n21. The molecule has 0 spiro atoms. The van der Waals surface area contributed by atoms with Gasteiger partial charge in [-0.1, -0.05) is 29.3 Å². The maximum atomic E-state index is 11.8. The molecule has 2 heterocycles. The molecule has 0 atom stereocenters. The average molecular weight is 319 g/mol. The number of carbonyl (C=O) groups excluding carboxylic acids is 1. The molecular formula is C11H6BrCl2NO. The molecule has 0 unspecified atom stereocenters. The van der Waals surface area contributed by atoms with Gasteiger partial charge in [-0.2, -0.15) is 0 Å². The van der Waals surface area contributed by atoms with E-state index in [1.165, 1.54) is 0 Å². The largest absolute Gasteiger partial charge is 0.281 e. The van der Waals surface area contributed by atoms with E-state index in [0.29, 0.717) is 16.5 Å². The molecule has 0 N–H and O–H groups in total. The van der Waals surface area contributed by atoms with E-state index in [0.717, 1.165) is 27.5 Å². The molecule has 1 aliphatic heterocycles. The molecule has 0 saturated heterocycles. The van der Waals surface area contributed by atoms with Crippen LogP contribution in [0.2, 0.25) is 10.0 Å². The van der Waals surface area contributed by atoms with E-state index in [1.807, 2.05) is 6.07 Å². The van der Waals surface area contributed by atoms with Crippen molar-refractivity contribution in [1.29, 1.82) is 0 Å². The lowest BCUT2D eigenvalue weighted by atomic mass is 10.2. The van der Waals surface area contributed by atoms with Crippen LogP contribution in [0.3, 0.4) is 0 Å². The van der Waals surface area contributed by atoms with Gasteiger partial charge in [-0.15, -0.1) is 0 Å². The van der Waals surface area contributed by atoms with E-state index in [2.05, 4.69) is 15.9 Å². The molecule has 0 saturated carbocycles. The fraction of sp³-hybridized carbons (Fsp3) is 0.182. The Kier molecular flexibility index (Phi) is 2.32. The molecule has 0 amide bonds. The number of carbonyl (C=O) groups is 1. The third-order valence-corrected chi connectivity index (χ3v) is 4.56. The Balaban J connectivity index is 2.55. The van der Waals surface area contributed by atoms with E-state index in [4.69, 9.17) is 23.2 Å². The molecule has 1 aliphatic rings. The van der Waals surface area contributed by atoms with Gasteiger partial charge < -0.3 is 0 Å². The first-order valence-electron chi connectivity index (χ1n) is 4.81. The summed E-state index contributed by atoms with van der Waals surface area (Å²) in [5, 5.41) is 1.86. The number of nitrogens with zero attached hydrogens (tertiary/aromatic N) is 1. The molecule has 0 bridgehead atoms. The van der Waals surface area contributed by atoms with Crippen LogP contribution in [-0.4, -0.2) is 10.5 Å². The van der Waals surface area contributed by atoms with E-state index in [1.54, 1.807) is 10.6 Å². The Hall–Kier alpha value is -0.510. The second-order valence-electron chi connectivity index (χ2n) is 3.75. The molecule has 82 valence electrons. The third kappa shape index (κ3) is 1.22. The molecule has 1 aromatic carbocycles. The summed E-state index contributed by atoms with van der Waals surface area (Å²) in [6.45, 7) is 0. The van der Waals surface area contributed by atoms with E-state index >= 15 is 0 Å². The van der Waals surface area contributed by atoms with Gasteiger partial charge in [0, 0.05) is 22.0 Å². The summed E-state index contributed by atoms with van der Waals surface area (Å²) in [5.41, 5.74) is 1.71. The molecular weight excluding hydrogens is 313 g/mol. The number of rotatable bonds is 0. The summed E-state index contributed by atoms with van der Waals surface area (Å²) in [6, 6.07) is 3.63. The molecule has 5 heteroatoms. The highest BCUT2D eigenvalue weighted by atomic mass is 79.9. The van der Waals surface area contributed by atoms with Crippen molar-refractivity contribution in [2.24, 2.45) is 0 Å². The van der Waals surface area contributed by atoms with Gasteiger partial charge in [0.1, 0.15) is 0 Å². The standard InChI is InChI=1S/C11H6BrCl2NO/c12-9-5-1-2-6(13)10(14)11(5)15-7(9)3-4-8(15)16/h1-2H,3-4H2. The number of hydrogen-bond acceptors (Lipinski definition) is 1. The highest BCUT2D eigenvalue weighted by Crippen LogP contribution is 2.40. The summed E-state index contributed by atoms with van der Waals surface area (Å²) >= 11 is 15.7. The minimum absolute atomic E-state index is 0.0786. The van der Waals surface area contributed by atoms with Crippen molar-refractivity contribution in [1.82, 2.24) is 4.57 Å². The van der Waals surface area contributed by atoms with Crippen LogP contribution in [-0.2, 0) is 6.42 Å². The third-order valence-electron chi connectivity index (χ3n) is 2.88. The van der Waals surface area contributed by atoms with E-state index in [-0.39, 0.29) is 5.91 Å². The van der Waals surface area contributed by atoms with Gasteiger partial charge in [-0.05, 0) is 28.4 Å². The lowest BCUT2D eigenvalue weighted by Crippen LogP contribution is -2.03. The van der Waals surface area contributed by atoms with Crippen LogP contribution >= 0.6 is 39.1 Å². The zero-order valence-electron chi connectivity index (χ0n) is 8.06. The second-order valence-corrected chi connectivity index (χ2v) is 5.33. The van der Waals surface area contributed by atoms with Gasteiger partial charge in [-0.25, -0.2) is 0 Å². The van der Waals surface area contributed by atoms with Crippen LogP contribution in [0.5, 0.6) is 0 Å². The highest BCUT2D eigenvalue weighted by molar-refractivity contribution is 9.10. The van der Waals surface area contributed by atoms with Crippen LogP contribution in [0, 0.1) is 0 Å². The molecule has 2 nitrogen and oxygen atoms in total. The number of aromatic nitrogens is 1. The smallest absolute Gasteiger partial charge is 0.231 e. The van der Waals surface area contributed by atoms with Gasteiger partial charge in [0.05, 0.1) is 15.6 Å². The van der Waals surface area contributed by atoms with Crippen LogP contribution in [0.4, 0.5) is 0 Å². The normalized spacial score (nSPS) is 14.8. The molecule has 0 radical (unpaired) electrons. The number of benzene rings is 1. The predicted octanol–water partition coefficient (Wildman–Crippen LogP) is 4.30. The fourth-order valence-electron chi connectivity index (χ4n) is 2.16. The lowest BCUT2D eigenvalue weighted by molar-refractivity contribution is 0.0928. The van der Waals surface area contributed by atoms with Crippen molar-refractivity contribution in [3.63, 3.8) is 0 Å². The number of halogens is 3. The fourth-order valence-corrected chi connectivity index (χ4v) is 3.26. The summed E-state index contributed by atoms with van der Waals surface area (Å²) in [5.74, 6) is 0.0786. The van der Waals surface area contributed by atoms with Crippen LogP contribution < -0.4 is 0 Å². The van der Waals surface area contributed by atoms with Crippen molar-refractivity contribution in [2.75, 3.05) is 0 Å². The Morgan fingerprint density at radius 2 is 2.00 bits per heavy atom. The topological polar surface area (TPSA) is 22.0 Å². The van der Waals surface area contributed by atoms with E-state index < -0.39 is 0 Å². The van der Waals surface area contributed by atoms with Crippen molar-refractivity contribution >= 4 is 55.9 Å². The molecule has 1 aromatic heterocycles. The maximum absolute atomic E-state index is 11.8. The predicted molar refractivity (Wildman–Crippen MR) is 68.6 cm³/mol. The first-order chi connectivity index (χ1) is 7.61. The Morgan fingerprint density at radius 1 is 1.25 bits per heavy atom. The van der Waals surface area contributed by atoms with E-state index in [9.17, 15) is 4.79 Å². The highest BCUT2D eigenvalue weighted by Gasteiger charge is 2.27. The van der Waals surface area contributed by atoms with Crippen LogP contribution in [0.25, 0.3) is 10.9 Å². The molecule has 2 aromatic rings. The minimum Gasteiger partial charge on any atom is -0.281 e. The van der Waals surface area contributed by atoms with Crippen molar-refractivity contribution < 1.29 is 4.79 Å². The Morgan fingerprint density at radius 3 is 2.75 bits per heavy atom. The van der Waals surface area contributed by atoms with Gasteiger partial charge in [0.2, 0.25) is 5.91 Å². The zero-order chi connectivity index (χ0) is 11.4. The quantitative estimate of drug-likeness (QED) is 0.710. The number of hydrogen-bond donors (Lipinski definition) is 0. The molecule has 0 aliphatic carbocycles. The minimum atomic E-state index is 0.0786.